The van der Waals surface area contributed by atoms with Crippen LogP contribution in [0, 0.1) is 0 Å². The quantitative estimate of drug-likeness (QED) is 0.658. The molecule has 0 N–H and O–H groups in total. The molecule has 1 fully saturated rings. The molecule has 0 aromatic heterocycles. The molecular formula is C26H25N3O2. The van der Waals surface area contributed by atoms with E-state index in [-0.39, 0.29) is 11.8 Å². The lowest BCUT2D eigenvalue weighted by molar-refractivity contribution is 0.0535. The number of piperazine rings is 1. The number of nitrogens with zero attached hydrogens (tertiary/aromatic N) is 3. The molecule has 2 aliphatic heterocycles. The van der Waals surface area contributed by atoms with Gasteiger partial charge < -0.3 is 14.7 Å². The maximum Gasteiger partial charge on any atom is 0.253 e. The van der Waals surface area contributed by atoms with Crippen molar-refractivity contribution >= 4 is 17.5 Å². The van der Waals surface area contributed by atoms with Gasteiger partial charge in [-0.25, -0.2) is 0 Å². The molecule has 2 aliphatic rings. The van der Waals surface area contributed by atoms with Gasteiger partial charge >= 0.3 is 0 Å². The van der Waals surface area contributed by atoms with Crippen LogP contribution in [0.2, 0.25) is 0 Å². The Balaban J connectivity index is 1.19. The molecule has 5 rings (SSSR count). The number of fused-ring (bicyclic) bond motifs is 1. The molecule has 0 atom stereocenters. The molecule has 0 spiro atoms. The second-order valence-electron chi connectivity index (χ2n) is 8.12. The normalized spacial score (nSPS) is 15.7. The van der Waals surface area contributed by atoms with Crippen LogP contribution in [-0.4, -0.2) is 47.8 Å². The van der Waals surface area contributed by atoms with Crippen LogP contribution >= 0.6 is 0 Å². The zero-order valence-corrected chi connectivity index (χ0v) is 17.4. The summed E-state index contributed by atoms with van der Waals surface area (Å²) in [7, 11) is 0. The van der Waals surface area contributed by atoms with Crippen molar-refractivity contribution in [1.82, 2.24) is 9.80 Å². The molecule has 5 heteroatoms. The minimum Gasteiger partial charge on any atom is -0.363 e. The zero-order valence-electron chi connectivity index (χ0n) is 17.4. The number of carbonyl (C=O) groups excluding carboxylic acids is 2. The Morgan fingerprint density at radius 3 is 1.52 bits per heavy atom. The maximum absolute atomic E-state index is 13.0. The highest BCUT2D eigenvalue weighted by Crippen LogP contribution is 2.28. The van der Waals surface area contributed by atoms with Gasteiger partial charge in [-0.05, 0) is 47.5 Å². The average molecular weight is 412 g/mol. The predicted octanol–water partition coefficient (Wildman–Crippen LogP) is 3.81. The van der Waals surface area contributed by atoms with Crippen molar-refractivity contribution < 1.29 is 9.59 Å². The summed E-state index contributed by atoms with van der Waals surface area (Å²) in [5, 5.41) is 0. The third-order valence-corrected chi connectivity index (χ3v) is 6.20. The van der Waals surface area contributed by atoms with Gasteiger partial charge in [-0.15, -0.1) is 0 Å². The van der Waals surface area contributed by atoms with Crippen LogP contribution < -0.4 is 4.90 Å². The van der Waals surface area contributed by atoms with E-state index < -0.39 is 0 Å². The molecule has 5 nitrogen and oxygen atoms in total. The molecule has 2 amide bonds. The van der Waals surface area contributed by atoms with Crippen LogP contribution in [0.3, 0.4) is 0 Å². The molecule has 31 heavy (non-hydrogen) atoms. The molecular weight excluding hydrogens is 386 g/mol. The second kappa shape index (κ2) is 8.26. The summed E-state index contributed by atoms with van der Waals surface area (Å²) in [5.74, 6) is 0.0618. The first-order chi connectivity index (χ1) is 15.2. The fourth-order valence-electron chi connectivity index (χ4n) is 4.39. The Morgan fingerprint density at radius 2 is 1.00 bits per heavy atom. The van der Waals surface area contributed by atoms with Crippen molar-refractivity contribution in [3.05, 3.63) is 101 Å². The fourth-order valence-corrected chi connectivity index (χ4v) is 4.39. The topological polar surface area (TPSA) is 43.9 Å². The van der Waals surface area contributed by atoms with Gasteiger partial charge in [0.25, 0.3) is 11.8 Å². The monoisotopic (exact) mass is 411 g/mol. The van der Waals surface area contributed by atoms with E-state index >= 15 is 0 Å². The van der Waals surface area contributed by atoms with Gasteiger partial charge in [-0.1, -0.05) is 42.5 Å². The Bertz CT molecular complexity index is 1060. The van der Waals surface area contributed by atoms with E-state index in [4.69, 9.17) is 0 Å². The maximum atomic E-state index is 13.0. The predicted molar refractivity (Wildman–Crippen MR) is 121 cm³/mol. The standard InChI is InChI=1S/C26H25N3O2/c30-25(20-6-2-1-3-7-20)27-14-16-28(17-15-27)26(31)21-10-12-24(13-11-21)29-18-22-8-4-5-9-23(22)19-29/h1-13H,14-19H2. The molecule has 0 bridgehead atoms. The van der Waals surface area contributed by atoms with Crippen LogP contribution in [0.1, 0.15) is 31.8 Å². The summed E-state index contributed by atoms with van der Waals surface area (Å²) >= 11 is 0. The van der Waals surface area contributed by atoms with E-state index in [0.717, 1.165) is 18.8 Å². The Hall–Kier alpha value is -3.60. The molecule has 0 aliphatic carbocycles. The summed E-state index contributed by atoms with van der Waals surface area (Å²) in [6, 6.07) is 25.7. The number of carbonyl (C=O) groups is 2. The largest absolute Gasteiger partial charge is 0.363 e. The van der Waals surface area contributed by atoms with Crippen molar-refractivity contribution in [2.75, 3.05) is 31.1 Å². The SMILES string of the molecule is O=C(c1ccccc1)N1CCN(C(=O)c2ccc(N3Cc4ccccc4C3)cc2)CC1. The molecule has 2 heterocycles. The van der Waals surface area contributed by atoms with E-state index in [9.17, 15) is 9.59 Å². The smallest absolute Gasteiger partial charge is 0.253 e. The van der Waals surface area contributed by atoms with Crippen molar-refractivity contribution in [3.63, 3.8) is 0 Å². The van der Waals surface area contributed by atoms with Crippen molar-refractivity contribution in [1.29, 1.82) is 0 Å². The van der Waals surface area contributed by atoms with Crippen molar-refractivity contribution in [2.45, 2.75) is 13.1 Å². The van der Waals surface area contributed by atoms with E-state index in [1.807, 2.05) is 64.4 Å². The van der Waals surface area contributed by atoms with Crippen LogP contribution in [0.15, 0.2) is 78.9 Å². The number of anilines is 1. The highest BCUT2D eigenvalue weighted by atomic mass is 16.2. The van der Waals surface area contributed by atoms with Crippen LogP contribution in [0.25, 0.3) is 0 Å². The first-order valence-electron chi connectivity index (χ1n) is 10.7. The van der Waals surface area contributed by atoms with Gasteiger partial charge in [0.15, 0.2) is 0 Å². The molecule has 0 radical (unpaired) electrons. The van der Waals surface area contributed by atoms with E-state index in [0.29, 0.717) is 37.3 Å². The molecule has 0 saturated carbocycles. The second-order valence-corrected chi connectivity index (χ2v) is 8.12. The molecule has 0 unspecified atom stereocenters. The lowest BCUT2D eigenvalue weighted by atomic mass is 10.1. The van der Waals surface area contributed by atoms with Crippen LogP contribution in [-0.2, 0) is 13.1 Å². The molecule has 3 aromatic rings. The number of hydrogen-bond acceptors (Lipinski definition) is 3. The summed E-state index contributed by atoms with van der Waals surface area (Å²) < 4.78 is 0. The first-order valence-corrected chi connectivity index (χ1v) is 10.7. The number of benzene rings is 3. The Labute approximate surface area is 182 Å². The summed E-state index contributed by atoms with van der Waals surface area (Å²) in [5.41, 5.74) is 5.26. The highest BCUT2D eigenvalue weighted by molar-refractivity contribution is 5.96. The minimum atomic E-state index is 0.0306. The fraction of sp³-hybridized carbons (Fsp3) is 0.231. The van der Waals surface area contributed by atoms with E-state index in [1.165, 1.54) is 11.1 Å². The average Bonchev–Trinajstić information content (AvgIpc) is 3.28. The van der Waals surface area contributed by atoms with E-state index in [1.54, 1.807) is 0 Å². The van der Waals surface area contributed by atoms with Gasteiger partial charge in [0.2, 0.25) is 0 Å². The summed E-state index contributed by atoms with van der Waals surface area (Å²) in [4.78, 5) is 31.6. The summed E-state index contributed by atoms with van der Waals surface area (Å²) in [6.45, 7) is 4.04. The van der Waals surface area contributed by atoms with E-state index in [2.05, 4.69) is 29.2 Å². The lowest BCUT2D eigenvalue weighted by Gasteiger charge is -2.35. The van der Waals surface area contributed by atoms with Gasteiger partial charge in [-0.3, -0.25) is 9.59 Å². The number of amides is 2. The van der Waals surface area contributed by atoms with Crippen LogP contribution in [0.5, 0.6) is 0 Å². The number of rotatable bonds is 3. The van der Waals surface area contributed by atoms with Crippen molar-refractivity contribution in [3.8, 4) is 0 Å². The van der Waals surface area contributed by atoms with Crippen molar-refractivity contribution in [2.24, 2.45) is 0 Å². The van der Waals surface area contributed by atoms with Gasteiger partial charge in [0, 0.05) is 56.1 Å². The van der Waals surface area contributed by atoms with Gasteiger partial charge in [-0.2, -0.15) is 0 Å². The molecule has 1 saturated heterocycles. The Kier molecular flexibility index (Phi) is 5.16. The highest BCUT2D eigenvalue weighted by Gasteiger charge is 2.26. The van der Waals surface area contributed by atoms with Crippen LogP contribution in [0.4, 0.5) is 5.69 Å². The minimum absolute atomic E-state index is 0.0306. The lowest BCUT2D eigenvalue weighted by Crippen LogP contribution is -2.50. The van der Waals surface area contributed by atoms with Gasteiger partial charge in [0.05, 0.1) is 0 Å². The molecule has 156 valence electrons. The third kappa shape index (κ3) is 3.91. The molecule has 3 aromatic carbocycles. The zero-order chi connectivity index (χ0) is 21.2. The Morgan fingerprint density at radius 1 is 0.548 bits per heavy atom. The first kappa shape index (κ1) is 19.4. The number of hydrogen-bond donors (Lipinski definition) is 0. The van der Waals surface area contributed by atoms with Gasteiger partial charge in [0.1, 0.15) is 0 Å². The third-order valence-electron chi connectivity index (χ3n) is 6.20. The summed E-state index contributed by atoms with van der Waals surface area (Å²) in [6.07, 6.45) is 0.